The van der Waals surface area contributed by atoms with Crippen molar-refractivity contribution in [1.29, 1.82) is 0 Å². The van der Waals surface area contributed by atoms with Crippen molar-refractivity contribution in [3.8, 4) is 0 Å². The van der Waals surface area contributed by atoms with Gasteiger partial charge in [0.1, 0.15) is 17.3 Å². The zero-order valence-electron chi connectivity index (χ0n) is 15.1. The van der Waals surface area contributed by atoms with E-state index < -0.39 is 0 Å². The Morgan fingerprint density at radius 1 is 1.15 bits per heavy atom. The van der Waals surface area contributed by atoms with Crippen molar-refractivity contribution in [2.75, 3.05) is 19.0 Å². The van der Waals surface area contributed by atoms with Crippen LogP contribution in [0.5, 0.6) is 0 Å². The van der Waals surface area contributed by atoms with Crippen LogP contribution in [0.2, 0.25) is 0 Å². The molecule has 0 fully saturated rings. The summed E-state index contributed by atoms with van der Waals surface area (Å²) < 4.78 is 15.0. The summed E-state index contributed by atoms with van der Waals surface area (Å²) in [5.74, 6) is 0.233. The standard InChI is InChI=1S/C19H19FN6O/c1-24(2)19(27)16-8-21-9-18(23-16)25-11-14-7-22-26(17(14)12-25)10-13-3-5-15(20)6-4-13/h3-9H,10-12H2,1-2H3. The molecule has 0 atom stereocenters. The fourth-order valence-electron chi connectivity index (χ4n) is 3.11. The van der Waals surface area contributed by atoms with Crippen LogP contribution in [0.3, 0.4) is 0 Å². The predicted molar refractivity (Wildman–Crippen MR) is 97.7 cm³/mol. The molecule has 3 heterocycles. The van der Waals surface area contributed by atoms with Crippen LogP contribution in [0.1, 0.15) is 27.3 Å². The first-order valence-corrected chi connectivity index (χ1v) is 8.58. The van der Waals surface area contributed by atoms with E-state index in [0.717, 1.165) is 16.8 Å². The van der Waals surface area contributed by atoms with Gasteiger partial charge in [0, 0.05) is 26.2 Å². The molecule has 1 aromatic carbocycles. The fraction of sp³-hybridized carbons (Fsp3) is 0.263. The Balaban J connectivity index is 1.53. The first kappa shape index (κ1) is 17.1. The quantitative estimate of drug-likeness (QED) is 0.707. The zero-order chi connectivity index (χ0) is 19.0. The molecule has 0 saturated heterocycles. The van der Waals surface area contributed by atoms with Gasteiger partial charge in [-0.3, -0.25) is 14.5 Å². The van der Waals surface area contributed by atoms with Crippen LogP contribution in [-0.2, 0) is 19.6 Å². The van der Waals surface area contributed by atoms with E-state index in [1.54, 1.807) is 32.4 Å². The second-order valence-corrected chi connectivity index (χ2v) is 6.72. The van der Waals surface area contributed by atoms with E-state index in [0.29, 0.717) is 31.1 Å². The fourth-order valence-corrected chi connectivity index (χ4v) is 3.11. The molecule has 3 aromatic rings. The highest BCUT2D eigenvalue weighted by atomic mass is 19.1. The maximum atomic E-state index is 13.1. The lowest BCUT2D eigenvalue weighted by Crippen LogP contribution is -2.25. The van der Waals surface area contributed by atoms with Gasteiger partial charge in [-0.25, -0.2) is 9.37 Å². The van der Waals surface area contributed by atoms with E-state index in [1.165, 1.54) is 23.2 Å². The van der Waals surface area contributed by atoms with Crippen LogP contribution < -0.4 is 4.90 Å². The van der Waals surface area contributed by atoms with Crippen LogP contribution >= 0.6 is 0 Å². The number of fused-ring (bicyclic) bond motifs is 1. The van der Waals surface area contributed by atoms with Crippen molar-refractivity contribution in [3.05, 3.63) is 71.2 Å². The lowest BCUT2D eigenvalue weighted by molar-refractivity contribution is 0.0821. The van der Waals surface area contributed by atoms with Crippen molar-refractivity contribution in [2.24, 2.45) is 0 Å². The highest BCUT2D eigenvalue weighted by Crippen LogP contribution is 2.27. The Hall–Kier alpha value is -3.29. The highest BCUT2D eigenvalue weighted by Gasteiger charge is 2.25. The molecule has 1 aliphatic heterocycles. The molecule has 1 aliphatic rings. The van der Waals surface area contributed by atoms with Gasteiger partial charge in [0.25, 0.3) is 5.91 Å². The largest absolute Gasteiger partial charge is 0.345 e. The van der Waals surface area contributed by atoms with E-state index in [9.17, 15) is 9.18 Å². The van der Waals surface area contributed by atoms with Gasteiger partial charge < -0.3 is 9.80 Å². The summed E-state index contributed by atoms with van der Waals surface area (Å²) in [7, 11) is 3.37. The molecule has 27 heavy (non-hydrogen) atoms. The number of carbonyl (C=O) groups is 1. The van der Waals surface area contributed by atoms with Gasteiger partial charge in [-0.1, -0.05) is 12.1 Å². The summed E-state index contributed by atoms with van der Waals surface area (Å²) in [4.78, 5) is 24.3. The number of aromatic nitrogens is 4. The summed E-state index contributed by atoms with van der Waals surface area (Å²) in [6.07, 6.45) is 4.99. The average molecular weight is 366 g/mol. The number of hydrogen-bond donors (Lipinski definition) is 0. The second kappa shape index (κ2) is 6.79. The number of hydrogen-bond acceptors (Lipinski definition) is 5. The molecule has 138 valence electrons. The maximum Gasteiger partial charge on any atom is 0.273 e. The summed E-state index contributed by atoms with van der Waals surface area (Å²) >= 11 is 0. The lowest BCUT2D eigenvalue weighted by Gasteiger charge is -2.18. The van der Waals surface area contributed by atoms with Crippen LogP contribution in [-0.4, -0.2) is 44.7 Å². The monoisotopic (exact) mass is 366 g/mol. The van der Waals surface area contributed by atoms with Gasteiger partial charge in [-0.2, -0.15) is 5.10 Å². The van der Waals surface area contributed by atoms with Gasteiger partial charge >= 0.3 is 0 Å². The summed E-state index contributed by atoms with van der Waals surface area (Å²) in [5, 5.41) is 4.45. The summed E-state index contributed by atoms with van der Waals surface area (Å²) in [6, 6.07) is 6.43. The van der Waals surface area contributed by atoms with Crippen molar-refractivity contribution < 1.29 is 9.18 Å². The van der Waals surface area contributed by atoms with Crippen molar-refractivity contribution in [1.82, 2.24) is 24.6 Å². The molecule has 1 amide bonds. The number of nitrogens with zero attached hydrogens (tertiary/aromatic N) is 6. The molecule has 0 bridgehead atoms. The Morgan fingerprint density at radius 2 is 1.93 bits per heavy atom. The maximum absolute atomic E-state index is 13.1. The number of carbonyl (C=O) groups excluding carboxylic acids is 1. The number of amides is 1. The molecule has 0 radical (unpaired) electrons. The number of rotatable bonds is 4. The summed E-state index contributed by atoms with van der Waals surface area (Å²) in [6.45, 7) is 1.87. The van der Waals surface area contributed by atoms with Crippen molar-refractivity contribution >= 4 is 11.7 Å². The van der Waals surface area contributed by atoms with Crippen LogP contribution in [0.4, 0.5) is 10.2 Å². The van der Waals surface area contributed by atoms with Gasteiger partial charge in [-0.15, -0.1) is 0 Å². The third-order valence-corrected chi connectivity index (χ3v) is 4.55. The minimum Gasteiger partial charge on any atom is -0.345 e. The lowest BCUT2D eigenvalue weighted by atomic mass is 10.2. The molecule has 0 N–H and O–H groups in total. The third kappa shape index (κ3) is 3.38. The molecular formula is C19H19FN6O. The molecule has 0 spiro atoms. The van der Waals surface area contributed by atoms with E-state index in [1.807, 2.05) is 10.9 Å². The predicted octanol–water partition coefficient (Wildman–Crippen LogP) is 2.08. The van der Waals surface area contributed by atoms with E-state index in [4.69, 9.17) is 0 Å². The van der Waals surface area contributed by atoms with Crippen molar-refractivity contribution in [2.45, 2.75) is 19.6 Å². The zero-order valence-corrected chi connectivity index (χ0v) is 15.1. The molecule has 0 saturated carbocycles. The minimum absolute atomic E-state index is 0.177. The highest BCUT2D eigenvalue weighted by molar-refractivity contribution is 5.91. The van der Waals surface area contributed by atoms with Crippen molar-refractivity contribution in [3.63, 3.8) is 0 Å². The van der Waals surface area contributed by atoms with Crippen LogP contribution in [0.15, 0.2) is 42.9 Å². The first-order valence-electron chi connectivity index (χ1n) is 8.58. The van der Waals surface area contributed by atoms with Gasteiger partial charge in [0.05, 0.1) is 37.4 Å². The molecule has 0 aliphatic carbocycles. The van der Waals surface area contributed by atoms with Gasteiger partial charge in [0.2, 0.25) is 0 Å². The molecular weight excluding hydrogens is 347 g/mol. The van der Waals surface area contributed by atoms with E-state index in [2.05, 4.69) is 20.0 Å². The Bertz CT molecular complexity index is 982. The molecule has 2 aromatic heterocycles. The normalized spacial score (nSPS) is 12.9. The van der Waals surface area contributed by atoms with Crippen LogP contribution in [0.25, 0.3) is 0 Å². The second-order valence-electron chi connectivity index (χ2n) is 6.72. The first-order chi connectivity index (χ1) is 13.0. The number of benzene rings is 1. The Kier molecular flexibility index (Phi) is 4.31. The topological polar surface area (TPSA) is 67.2 Å². The van der Waals surface area contributed by atoms with Crippen LogP contribution in [0, 0.1) is 5.82 Å². The molecule has 0 unspecified atom stereocenters. The van der Waals surface area contributed by atoms with Gasteiger partial charge in [-0.05, 0) is 17.7 Å². The van der Waals surface area contributed by atoms with E-state index in [-0.39, 0.29) is 11.7 Å². The number of anilines is 1. The SMILES string of the molecule is CN(C)C(=O)c1cncc(N2Cc3cnn(Cc4ccc(F)cc4)c3C2)n1. The minimum atomic E-state index is -0.249. The third-order valence-electron chi connectivity index (χ3n) is 4.55. The molecule has 8 heteroatoms. The number of halogens is 1. The molecule has 4 rings (SSSR count). The van der Waals surface area contributed by atoms with E-state index >= 15 is 0 Å². The summed E-state index contributed by atoms with van der Waals surface area (Å²) in [5.41, 5.74) is 3.51. The molecule has 7 nitrogen and oxygen atoms in total. The average Bonchev–Trinajstić information content (AvgIpc) is 3.25. The Labute approximate surface area is 156 Å². The Morgan fingerprint density at radius 3 is 2.67 bits per heavy atom. The smallest absolute Gasteiger partial charge is 0.273 e. The van der Waals surface area contributed by atoms with Gasteiger partial charge in [0.15, 0.2) is 0 Å².